The second-order valence-corrected chi connectivity index (χ2v) is 4.37. The first kappa shape index (κ1) is 13.6. The van der Waals surface area contributed by atoms with Crippen molar-refractivity contribution >= 4 is 0 Å². The van der Waals surface area contributed by atoms with Crippen molar-refractivity contribution in [1.29, 1.82) is 0 Å². The number of ether oxygens (including phenoxy) is 1. The molecule has 2 rings (SSSR count). The van der Waals surface area contributed by atoms with Crippen LogP contribution in [0.25, 0.3) is 5.69 Å². The van der Waals surface area contributed by atoms with Crippen LogP contribution in [0.3, 0.4) is 0 Å². The molecule has 6 nitrogen and oxygen atoms in total. The summed E-state index contributed by atoms with van der Waals surface area (Å²) in [5.41, 5.74) is 2.18. The first-order valence-electron chi connectivity index (χ1n) is 6.37. The number of methoxy groups -OCH3 is 1. The van der Waals surface area contributed by atoms with Crippen molar-refractivity contribution in [3.05, 3.63) is 36.2 Å². The van der Waals surface area contributed by atoms with Crippen molar-refractivity contribution in [2.24, 2.45) is 0 Å². The lowest BCUT2D eigenvalue weighted by Crippen LogP contribution is -2.21. The van der Waals surface area contributed by atoms with Crippen LogP contribution in [-0.4, -0.2) is 40.5 Å². The van der Waals surface area contributed by atoms with Crippen LogP contribution in [-0.2, 0) is 4.74 Å². The largest absolute Gasteiger partial charge is 0.385 e. The summed E-state index contributed by atoms with van der Waals surface area (Å²) < 4.78 is 6.69. The van der Waals surface area contributed by atoms with Gasteiger partial charge >= 0.3 is 0 Å². The number of benzene rings is 1. The molecule has 2 aromatic rings. The summed E-state index contributed by atoms with van der Waals surface area (Å²) in [5, 5.41) is 14.6. The van der Waals surface area contributed by atoms with Crippen molar-refractivity contribution in [2.45, 2.75) is 19.4 Å². The molecule has 1 unspecified atom stereocenters. The van der Waals surface area contributed by atoms with E-state index in [4.69, 9.17) is 4.74 Å². The van der Waals surface area contributed by atoms with E-state index in [9.17, 15) is 0 Å². The fourth-order valence-corrected chi connectivity index (χ4v) is 1.87. The van der Waals surface area contributed by atoms with Crippen molar-refractivity contribution in [2.75, 3.05) is 20.3 Å². The van der Waals surface area contributed by atoms with Crippen LogP contribution in [0.2, 0.25) is 0 Å². The zero-order valence-electron chi connectivity index (χ0n) is 11.3. The molecule has 6 heteroatoms. The van der Waals surface area contributed by atoms with E-state index in [1.807, 2.05) is 12.1 Å². The highest BCUT2D eigenvalue weighted by Crippen LogP contribution is 2.15. The smallest absolute Gasteiger partial charge is 0.143 e. The summed E-state index contributed by atoms with van der Waals surface area (Å²) in [4.78, 5) is 0. The van der Waals surface area contributed by atoms with E-state index >= 15 is 0 Å². The average molecular weight is 261 g/mol. The molecule has 102 valence electrons. The highest BCUT2D eigenvalue weighted by Gasteiger charge is 2.06. The lowest BCUT2D eigenvalue weighted by atomic mass is 10.1. The summed E-state index contributed by atoms with van der Waals surface area (Å²) in [6, 6.07) is 8.47. The third-order valence-electron chi connectivity index (χ3n) is 2.96. The van der Waals surface area contributed by atoms with Crippen LogP contribution in [0.15, 0.2) is 30.6 Å². The van der Waals surface area contributed by atoms with Crippen LogP contribution < -0.4 is 5.32 Å². The molecule has 1 aromatic heterocycles. The minimum absolute atomic E-state index is 0.285. The zero-order valence-corrected chi connectivity index (χ0v) is 11.3. The molecular formula is C13H19N5O. The van der Waals surface area contributed by atoms with Crippen molar-refractivity contribution in [1.82, 2.24) is 25.5 Å². The monoisotopic (exact) mass is 261 g/mol. The highest BCUT2D eigenvalue weighted by molar-refractivity contribution is 5.35. The molecule has 1 atom stereocenters. The third kappa shape index (κ3) is 3.84. The van der Waals surface area contributed by atoms with Gasteiger partial charge in [-0.25, -0.2) is 4.68 Å². The molecule has 1 N–H and O–H groups in total. The van der Waals surface area contributed by atoms with Gasteiger partial charge in [0.25, 0.3) is 0 Å². The molecule has 1 aromatic carbocycles. The van der Waals surface area contributed by atoms with E-state index in [2.05, 4.69) is 39.9 Å². The van der Waals surface area contributed by atoms with E-state index in [-0.39, 0.29) is 6.04 Å². The predicted octanol–water partition coefficient (Wildman–Crippen LogP) is 1.35. The first-order chi connectivity index (χ1) is 9.31. The number of rotatable bonds is 7. The van der Waals surface area contributed by atoms with Gasteiger partial charge in [0.05, 0.1) is 5.69 Å². The van der Waals surface area contributed by atoms with Crippen LogP contribution in [0.1, 0.15) is 24.9 Å². The van der Waals surface area contributed by atoms with E-state index in [0.29, 0.717) is 0 Å². The maximum atomic E-state index is 5.03. The van der Waals surface area contributed by atoms with Gasteiger partial charge in [0.2, 0.25) is 0 Å². The molecule has 1 heterocycles. The molecule has 0 aliphatic heterocycles. The lowest BCUT2D eigenvalue weighted by molar-refractivity contribution is 0.193. The van der Waals surface area contributed by atoms with Gasteiger partial charge in [0.15, 0.2) is 0 Å². The molecular weight excluding hydrogens is 242 g/mol. The SMILES string of the molecule is COCCCNC(C)c1cccc(-n2cnnn2)c1. The Morgan fingerprint density at radius 1 is 1.42 bits per heavy atom. The minimum atomic E-state index is 0.285. The van der Waals surface area contributed by atoms with Crippen LogP contribution in [0.4, 0.5) is 0 Å². The van der Waals surface area contributed by atoms with Gasteiger partial charge in [-0.15, -0.1) is 5.10 Å². The van der Waals surface area contributed by atoms with Gasteiger partial charge in [-0.1, -0.05) is 12.1 Å². The Labute approximate surface area is 112 Å². The normalized spacial score (nSPS) is 12.5. The van der Waals surface area contributed by atoms with Crippen molar-refractivity contribution < 1.29 is 4.74 Å². The topological polar surface area (TPSA) is 64.9 Å². The number of hydrogen-bond donors (Lipinski definition) is 1. The fourth-order valence-electron chi connectivity index (χ4n) is 1.87. The maximum absolute atomic E-state index is 5.03. The number of aromatic nitrogens is 4. The molecule has 0 bridgehead atoms. The molecule has 0 spiro atoms. The Morgan fingerprint density at radius 2 is 2.32 bits per heavy atom. The zero-order chi connectivity index (χ0) is 13.5. The first-order valence-corrected chi connectivity index (χ1v) is 6.37. The van der Waals surface area contributed by atoms with E-state index in [1.54, 1.807) is 18.1 Å². The summed E-state index contributed by atoms with van der Waals surface area (Å²) in [6.45, 7) is 3.86. The van der Waals surface area contributed by atoms with Gasteiger partial charge in [-0.2, -0.15) is 0 Å². The molecule has 0 aliphatic carbocycles. The maximum Gasteiger partial charge on any atom is 0.143 e. The molecule has 0 amide bonds. The molecule has 19 heavy (non-hydrogen) atoms. The third-order valence-corrected chi connectivity index (χ3v) is 2.96. The minimum Gasteiger partial charge on any atom is -0.385 e. The molecule has 0 saturated heterocycles. The van der Waals surface area contributed by atoms with E-state index < -0.39 is 0 Å². The quantitative estimate of drug-likeness (QED) is 0.762. The van der Waals surface area contributed by atoms with Crippen molar-refractivity contribution in [3.63, 3.8) is 0 Å². The Kier molecular flexibility index (Phi) is 5.00. The predicted molar refractivity (Wildman–Crippen MR) is 72.1 cm³/mol. The van der Waals surface area contributed by atoms with Gasteiger partial charge in [0.1, 0.15) is 6.33 Å². The number of tetrazole rings is 1. The Hall–Kier alpha value is -1.79. The van der Waals surface area contributed by atoms with Crippen LogP contribution in [0.5, 0.6) is 0 Å². The number of nitrogens with zero attached hydrogens (tertiary/aromatic N) is 4. The summed E-state index contributed by atoms with van der Waals surface area (Å²) in [6.07, 6.45) is 2.60. The lowest BCUT2D eigenvalue weighted by Gasteiger charge is -2.15. The van der Waals surface area contributed by atoms with Gasteiger partial charge in [0, 0.05) is 19.8 Å². The molecule has 0 fully saturated rings. The van der Waals surface area contributed by atoms with Crippen LogP contribution >= 0.6 is 0 Å². The molecule has 0 aliphatic rings. The van der Waals surface area contributed by atoms with Crippen LogP contribution in [0, 0.1) is 0 Å². The standard InChI is InChI=1S/C13H19N5O/c1-11(14-7-4-8-19-2)12-5-3-6-13(9-12)18-10-15-16-17-18/h3,5-6,9-11,14H,4,7-8H2,1-2H3. The summed E-state index contributed by atoms with van der Waals surface area (Å²) in [7, 11) is 1.72. The fraction of sp³-hybridized carbons (Fsp3) is 0.462. The molecule has 0 radical (unpaired) electrons. The van der Waals surface area contributed by atoms with Gasteiger partial charge < -0.3 is 10.1 Å². The van der Waals surface area contributed by atoms with Gasteiger partial charge in [-0.3, -0.25) is 0 Å². The average Bonchev–Trinajstić information content (AvgIpc) is 2.98. The summed E-state index contributed by atoms with van der Waals surface area (Å²) in [5.74, 6) is 0. The van der Waals surface area contributed by atoms with Gasteiger partial charge in [-0.05, 0) is 48.0 Å². The van der Waals surface area contributed by atoms with E-state index in [0.717, 1.165) is 25.3 Å². The Balaban J connectivity index is 1.98. The molecule has 0 saturated carbocycles. The Bertz CT molecular complexity index is 486. The highest BCUT2D eigenvalue weighted by atomic mass is 16.5. The van der Waals surface area contributed by atoms with Crippen molar-refractivity contribution in [3.8, 4) is 5.69 Å². The second kappa shape index (κ2) is 6.96. The summed E-state index contributed by atoms with van der Waals surface area (Å²) >= 11 is 0. The second-order valence-electron chi connectivity index (χ2n) is 4.37. The number of hydrogen-bond acceptors (Lipinski definition) is 5. The van der Waals surface area contributed by atoms with E-state index in [1.165, 1.54) is 5.56 Å². The Morgan fingerprint density at radius 3 is 3.05 bits per heavy atom. The number of nitrogens with one attached hydrogen (secondary N) is 1.